The van der Waals surface area contributed by atoms with Crippen molar-refractivity contribution in [2.45, 2.75) is 30.1 Å². The molecule has 0 spiro atoms. The summed E-state index contributed by atoms with van der Waals surface area (Å²) in [4.78, 5) is 0. The summed E-state index contributed by atoms with van der Waals surface area (Å²) in [5.41, 5.74) is 0.807. The number of aryl methyl sites for hydroxylation is 1. The van der Waals surface area contributed by atoms with Crippen molar-refractivity contribution in [3.63, 3.8) is 0 Å². The summed E-state index contributed by atoms with van der Waals surface area (Å²) < 4.78 is 1.78. The molecule has 4 heteroatoms. The van der Waals surface area contributed by atoms with Crippen LogP contribution in [-0.2, 0) is 7.05 Å². The lowest BCUT2D eigenvalue weighted by atomic mass is 9.79. The Bertz CT molecular complexity index is 314. The molecule has 78 valence electrons. The van der Waals surface area contributed by atoms with Crippen molar-refractivity contribution in [2.24, 2.45) is 7.05 Å². The topological polar surface area (TPSA) is 38.0 Å². The molecule has 1 aromatic rings. The maximum Gasteiger partial charge on any atom is 0.112 e. The summed E-state index contributed by atoms with van der Waals surface area (Å²) >= 11 is 1.77. The Balaban J connectivity index is 2.18. The molecule has 1 aliphatic carbocycles. The maximum absolute atomic E-state index is 10.2. The molecule has 0 saturated heterocycles. The highest BCUT2D eigenvalue weighted by Gasteiger charge is 2.44. The summed E-state index contributed by atoms with van der Waals surface area (Å²) in [5, 5.41) is 14.5. The predicted octanol–water partition coefficient (Wildman–Crippen LogP) is 1.74. The summed E-state index contributed by atoms with van der Waals surface area (Å²) in [6.07, 6.45) is 6.98. The minimum absolute atomic E-state index is 0.0361. The highest BCUT2D eigenvalue weighted by Crippen LogP contribution is 2.50. The second-order valence-corrected chi connectivity index (χ2v) is 5.16. The van der Waals surface area contributed by atoms with Crippen molar-refractivity contribution in [2.75, 3.05) is 6.26 Å². The molecule has 1 fully saturated rings. The monoisotopic (exact) mass is 212 g/mol. The zero-order chi connectivity index (χ0) is 10.2. The van der Waals surface area contributed by atoms with Crippen LogP contribution in [-0.4, -0.2) is 25.9 Å². The molecule has 14 heavy (non-hydrogen) atoms. The van der Waals surface area contributed by atoms with Gasteiger partial charge in [0.05, 0.1) is 5.69 Å². The molecule has 3 nitrogen and oxygen atoms in total. The predicted molar refractivity (Wildman–Crippen MR) is 58.3 cm³/mol. The van der Waals surface area contributed by atoms with Crippen molar-refractivity contribution in [1.29, 1.82) is 0 Å². The SMILES string of the molecule is CSC1(C(O)c2ccn(C)n2)CCC1. The summed E-state index contributed by atoms with van der Waals surface area (Å²) in [6.45, 7) is 0. The van der Waals surface area contributed by atoms with E-state index >= 15 is 0 Å². The number of thioether (sulfide) groups is 1. The van der Waals surface area contributed by atoms with E-state index in [1.54, 1.807) is 16.4 Å². The molecule has 1 aromatic heterocycles. The van der Waals surface area contributed by atoms with E-state index in [-0.39, 0.29) is 4.75 Å². The van der Waals surface area contributed by atoms with Gasteiger partial charge in [0.25, 0.3) is 0 Å². The van der Waals surface area contributed by atoms with Gasteiger partial charge >= 0.3 is 0 Å². The van der Waals surface area contributed by atoms with Crippen molar-refractivity contribution in [3.05, 3.63) is 18.0 Å². The highest BCUT2D eigenvalue weighted by molar-refractivity contribution is 8.00. The van der Waals surface area contributed by atoms with Gasteiger partial charge in [0.1, 0.15) is 6.10 Å². The number of aromatic nitrogens is 2. The first-order valence-corrected chi connectivity index (χ1v) is 6.13. The maximum atomic E-state index is 10.2. The molecule has 1 heterocycles. The largest absolute Gasteiger partial charge is 0.385 e. The molecule has 0 aliphatic heterocycles. The Morgan fingerprint density at radius 1 is 1.64 bits per heavy atom. The zero-order valence-corrected chi connectivity index (χ0v) is 9.42. The van der Waals surface area contributed by atoms with Crippen LogP contribution < -0.4 is 0 Å². The molecule has 2 rings (SSSR count). The van der Waals surface area contributed by atoms with Crippen molar-refractivity contribution in [3.8, 4) is 0 Å². The van der Waals surface area contributed by atoms with Crippen LogP contribution in [0.4, 0.5) is 0 Å². The minimum Gasteiger partial charge on any atom is -0.385 e. The number of aliphatic hydroxyl groups is 1. The van der Waals surface area contributed by atoms with Crippen LogP contribution in [0.5, 0.6) is 0 Å². The lowest BCUT2D eigenvalue weighted by Crippen LogP contribution is -2.39. The van der Waals surface area contributed by atoms with Crippen LogP contribution in [0.1, 0.15) is 31.1 Å². The van der Waals surface area contributed by atoms with Gasteiger partial charge in [-0.3, -0.25) is 4.68 Å². The van der Waals surface area contributed by atoms with Gasteiger partial charge in [0, 0.05) is 18.0 Å². The van der Waals surface area contributed by atoms with Crippen LogP contribution in [0.25, 0.3) is 0 Å². The number of hydrogen-bond donors (Lipinski definition) is 1. The fourth-order valence-corrected chi connectivity index (χ4v) is 3.00. The lowest BCUT2D eigenvalue weighted by Gasteiger charge is -2.43. The van der Waals surface area contributed by atoms with Gasteiger partial charge in [-0.25, -0.2) is 0 Å². The number of rotatable bonds is 3. The summed E-state index contributed by atoms with van der Waals surface area (Å²) in [6, 6.07) is 1.90. The van der Waals surface area contributed by atoms with Gasteiger partial charge < -0.3 is 5.11 Å². The fraction of sp³-hybridized carbons (Fsp3) is 0.700. The van der Waals surface area contributed by atoms with Crippen LogP contribution in [0.15, 0.2) is 12.3 Å². The average Bonchev–Trinajstić information content (AvgIpc) is 2.50. The first kappa shape index (κ1) is 10.1. The van der Waals surface area contributed by atoms with Crippen molar-refractivity contribution in [1.82, 2.24) is 9.78 Å². The molecule has 0 amide bonds. The molecule has 1 N–H and O–H groups in total. The average molecular weight is 212 g/mol. The Morgan fingerprint density at radius 3 is 2.71 bits per heavy atom. The number of nitrogens with zero attached hydrogens (tertiary/aromatic N) is 2. The highest BCUT2D eigenvalue weighted by atomic mass is 32.2. The Hall–Kier alpha value is -0.480. The summed E-state index contributed by atoms with van der Waals surface area (Å²) in [7, 11) is 1.88. The third-order valence-corrected chi connectivity index (χ3v) is 4.56. The van der Waals surface area contributed by atoms with Crippen LogP contribution in [0, 0.1) is 0 Å². The minimum atomic E-state index is -0.410. The molecular formula is C10H16N2OS. The molecular weight excluding hydrogens is 196 g/mol. The molecule has 1 saturated carbocycles. The molecule has 1 aliphatic rings. The van der Waals surface area contributed by atoms with Crippen LogP contribution in [0.2, 0.25) is 0 Å². The molecule has 0 aromatic carbocycles. The van der Waals surface area contributed by atoms with Gasteiger partial charge in [-0.05, 0) is 25.2 Å². The van der Waals surface area contributed by atoms with E-state index in [1.165, 1.54) is 6.42 Å². The van der Waals surface area contributed by atoms with E-state index in [0.29, 0.717) is 0 Å². The van der Waals surface area contributed by atoms with E-state index in [2.05, 4.69) is 11.4 Å². The third-order valence-electron chi connectivity index (χ3n) is 3.12. The first-order chi connectivity index (χ1) is 6.68. The summed E-state index contributed by atoms with van der Waals surface area (Å²) in [5.74, 6) is 0. The van der Waals surface area contributed by atoms with E-state index in [1.807, 2.05) is 19.3 Å². The van der Waals surface area contributed by atoms with E-state index in [9.17, 15) is 5.11 Å². The molecule has 1 atom stereocenters. The van der Waals surface area contributed by atoms with Gasteiger partial charge in [0.15, 0.2) is 0 Å². The van der Waals surface area contributed by atoms with Crippen LogP contribution >= 0.6 is 11.8 Å². The first-order valence-electron chi connectivity index (χ1n) is 4.91. The van der Waals surface area contributed by atoms with Gasteiger partial charge in [0.2, 0.25) is 0 Å². The smallest absolute Gasteiger partial charge is 0.112 e. The van der Waals surface area contributed by atoms with E-state index in [0.717, 1.165) is 18.5 Å². The van der Waals surface area contributed by atoms with Gasteiger partial charge in [-0.1, -0.05) is 6.42 Å². The lowest BCUT2D eigenvalue weighted by molar-refractivity contribution is 0.0835. The Labute approximate surface area is 88.5 Å². The molecule has 0 radical (unpaired) electrons. The third kappa shape index (κ3) is 1.46. The van der Waals surface area contributed by atoms with E-state index in [4.69, 9.17) is 0 Å². The molecule has 0 bridgehead atoms. The number of hydrogen-bond acceptors (Lipinski definition) is 3. The second kappa shape index (κ2) is 3.59. The normalized spacial score (nSPS) is 21.6. The Kier molecular flexibility index (Phi) is 2.58. The standard InChI is InChI=1S/C10H16N2OS/c1-12-7-4-8(11-12)9(13)10(14-2)5-3-6-10/h4,7,9,13H,3,5-6H2,1-2H3. The van der Waals surface area contributed by atoms with Gasteiger partial charge in [-0.2, -0.15) is 16.9 Å². The quantitative estimate of drug-likeness (QED) is 0.829. The number of aliphatic hydroxyl groups excluding tert-OH is 1. The molecule has 1 unspecified atom stereocenters. The van der Waals surface area contributed by atoms with Gasteiger partial charge in [-0.15, -0.1) is 0 Å². The zero-order valence-electron chi connectivity index (χ0n) is 8.60. The second-order valence-electron chi connectivity index (χ2n) is 3.94. The van der Waals surface area contributed by atoms with E-state index < -0.39 is 6.10 Å². The Morgan fingerprint density at radius 2 is 2.36 bits per heavy atom. The van der Waals surface area contributed by atoms with Crippen molar-refractivity contribution >= 4 is 11.8 Å². The fourth-order valence-electron chi connectivity index (χ4n) is 1.96. The van der Waals surface area contributed by atoms with Crippen LogP contribution in [0.3, 0.4) is 0 Å². The van der Waals surface area contributed by atoms with Crippen molar-refractivity contribution < 1.29 is 5.11 Å².